The monoisotopic (exact) mass is 228 g/mol. The van der Waals surface area contributed by atoms with Crippen molar-refractivity contribution >= 4 is 11.6 Å². The van der Waals surface area contributed by atoms with Gasteiger partial charge in [-0.25, -0.2) is 0 Å². The van der Waals surface area contributed by atoms with Gasteiger partial charge in [-0.05, 0) is 24.3 Å². The highest BCUT2D eigenvalue weighted by Crippen LogP contribution is 2.27. The van der Waals surface area contributed by atoms with E-state index in [0.29, 0.717) is 5.02 Å². The minimum absolute atomic E-state index is 0.303. The minimum Gasteiger partial charge on any atom is -0.428 e. The van der Waals surface area contributed by atoms with Crippen molar-refractivity contribution in [1.82, 2.24) is 0 Å². The molecule has 0 bridgehead atoms. The second-order valence-electron chi connectivity index (χ2n) is 2.42. The molecular formula is C8H5ClF4O. The van der Waals surface area contributed by atoms with Gasteiger partial charge < -0.3 is 4.74 Å². The van der Waals surface area contributed by atoms with Crippen LogP contribution in [0, 0.1) is 0 Å². The van der Waals surface area contributed by atoms with Crippen LogP contribution in [-0.2, 0) is 0 Å². The zero-order valence-electron chi connectivity index (χ0n) is 6.68. The van der Waals surface area contributed by atoms with E-state index >= 15 is 0 Å². The third-order valence-corrected chi connectivity index (χ3v) is 1.57. The molecular weight excluding hydrogens is 224 g/mol. The Bertz CT molecular complexity index is 299. The Morgan fingerprint density at radius 1 is 1.14 bits per heavy atom. The predicted molar refractivity (Wildman–Crippen MR) is 43.0 cm³/mol. The van der Waals surface area contributed by atoms with Gasteiger partial charge in [-0.2, -0.15) is 17.6 Å². The van der Waals surface area contributed by atoms with Gasteiger partial charge in [0.2, 0.25) is 0 Å². The van der Waals surface area contributed by atoms with Crippen molar-refractivity contribution in [3.63, 3.8) is 0 Å². The van der Waals surface area contributed by atoms with Crippen molar-refractivity contribution in [2.45, 2.75) is 12.5 Å². The lowest BCUT2D eigenvalue weighted by Gasteiger charge is -2.16. The molecule has 0 N–H and O–H groups in total. The lowest BCUT2D eigenvalue weighted by atomic mass is 10.3. The zero-order valence-corrected chi connectivity index (χ0v) is 7.44. The summed E-state index contributed by atoms with van der Waals surface area (Å²) in [5.41, 5.74) is 0. The molecule has 0 unspecified atom stereocenters. The molecule has 1 nitrogen and oxygen atoms in total. The van der Waals surface area contributed by atoms with Crippen LogP contribution in [0.1, 0.15) is 0 Å². The van der Waals surface area contributed by atoms with Gasteiger partial charge in [-0.3, -0.25) is 0 Å². The van der Waals surface area contributed by atoms with Gasteiger partial charge in [0.05, 0.1) is 0 Å². The number of hydrogen-bond donors (Lipinski definition) is 0. The van der Waals surface area contributed by atoms with Crippen LogP contribution in [0.25, 0.3) is 0 Å². The number of halogens is 5. The van der Waals surface area contributed by atoms with Gasteiger partial charge in [0.25, 0.3) is 0 Å². The summed E-state index contributed by atoms with van der Waals surface area (Å²) in [5.74, 6) is -0.361. The van der Waals surface area contributed by atoms with E-state index in [1.807, 2.05) is 0 Å². The average Bonchev–Trinajstić information content (AvgIpc) is 2.08. The minimum atomic E-state index is -4.48. The van der Waals surface area contributed by atoms with Gasteiger partial charge in [-0.1, -0.05) is 11.6 Å². The van der Waals surface area contributed by atoms with Crippen LogP contribution in [-0.4, -0.2) is 12.5 Å². The predicted octanol–water partition coefficient (Wildman–Crippen LogP) is 3.58. The van der Waals surface area contributed by atoms with Crippen LogP contribution in [0.4, 0.5) is 17.6 Å². The maximum atomic E-state index is 12.3. The molecule has 0 saturated carbocycles. The van der Waals surface area contributed by atoms with Crippen molar-refractivity contribution in [1.29, 1.82) is 0 Å². The second kappa shape index (κ2) is 4.04. The van der Waals surface area contributed by atoms with E-state index in [0.717, 1.165) is 12.1 Å². The summed E-state index contributed by atoms with van der Waals surface area (Å²) in [5, 5.41) is 0.303. The van der Waals surface area contributed by atoms with E-state index in [1.54, 1.807) is 0 Å². The Morgan fingerprint density at radius 2 is 1.64 bits per heavy atom. The molecule has 1 rings (SSSR count). The largest absolute Gasteiger partial charge is 0.461 e. The van der Waals surface area contributed by atoms with Crippen LogP contribution in [0.2, 0.25) is 5.02 Å². The molecule has 0 fully saturated rings. The Labute approximate surface area is 82.2 Å². The van der Waals surface area contributed by atoms with E-state index in [-0.39, 0.29) is 5.75 Å². The number of benzene rings is 1. The topological polar surface area (TPSA) is 9.23 Å². The SMILES string of the molecule is FC(F)C(F)(F)Oc1ccc(Cl)cc1. The Balaban J connectivity index is 2.74. The quantitative estimate of drug-likeness (QED) is 0.719. The van der Waals surface area contributed by atoms with Crippen LogP contribution in [0.3, 0.4) is 0 Å². The Hall–Kier alpha value is -0.970. The molecule has 6 heteroatoms. The smallest absolute Gasteiger partial charge is 0.428 e. The highest BCUT2D eigenvalue weighted by atomic mass is 35.5. The van der Waals surface area contributed by atoms with Gasteiger partial charge in [0.15, 0.2) is 0 Å². The van der Waals surface area contributed by atoms with E-state index < -0.39 is 12.5 Å². The van der Waals surface area contributed by atoms with Crippen LogP contribution in [0.5, 0.6) is 5.75 Å². The van der Waals surface area contributed by atoms with Crippen molar-refractivity contribution < 1.29 is 22.3 Å². The molecule has 14 heavy (non-hydrogen) atoms. The fourth-order valence-electron chi connectivity index (χ4n) is 0.704. The molecule has 0 spiro atoms. The summed E-state index contributed by atoms with van der Waals surface area (Å²) in [6.07, 6.45) is -8.34. The molecule has 1 aromatic rings. The van der Waals surface area contributed by atoms with Gasteiger partial charge in [-0.15, -0.1) is 0 Å². The van der Waals surface area contributed by atoms with E-state index in [4.69, 9.17) is 11.6 Å². The first-order valence-corrected chi connectivity index (χ1v) is 3.90. The lowest BCUT2D eigenvalue weighted by Crippen LogP contribution is -2.33. The summed E-state index contributed by atoms with van der Waals surface area (Å²) in [7, 11) is 0. The summed E-state index contributed by atoms with van der Waals surface area (Å²) in [4.78, 5) is 0. The normalized spacial score (nSPS) is 11.9. The molecule has 0 radical (unpaired) electrons. The number of alkyl halides is 4. The zero-order chi connectivity index (χ0) is 10.8. The highest BCUT2D eigenvalue weighted by Gasteiger charge is 2.43. The molecule has 0 amide bonds. The van der Waals surface area contributed by atoms with Crippen molar-refractivity contribution in [2.75, 3.05) is 0 Å². The summed E-state index contributed by atoms with van der Waals surface area (Å²) < 4.78 is 51.8. The number of ether oxygens (including phenoxy) is 1. The average molecular weight is 229 g/mol. The first-order chi connectivity index (χ1) is 6.42. The molecule has 0 heterocycles. The van der Waals surface area contributed by atoms with E-state index in [2.05, 4.69) is 4.74 Å². The summed E-state index contributed by atoms with van der Waals surface area (Å²) in [6, 6.07) is 4.69. The number of rotatable bonds is 3. The molecule has 78 valence electrons. The van der Waals surface area contributed by atoms with Crippen molar-refractivity contribution in [3.05, 3.63) is 29.3 Å². The third kappa shape index (κ3) is 2.77. The van der Waals surface area contributed by atoms with Crippen LogP contribution >= 0.6 is 11.6 Å². The van der Waals surface area contributed by atoms with E-state index in [1.165, 1.54) is 12.1 Å². The molecule has 0 aliphatic rings. The Kier molecular flexibility index (Phi) is 3.21. The molecule has 0 aliphatic heterocycles. The summed E-state index contributed by atoms with van der Waals surface area (Å²) >= 11 is 5.45. The van der Waals surface area contributed by atoms with Crippen molar-refractivity contribution in [3.8, 4) is 5.75 Å². The maximum Gasteiger partial charge on any atom is 0.461 e. The number of hydrogen-bond acceptors (Lipinski definition) is 1. The van der Waals surface area contributed by atoms with Gasteiger partial charge >= 0.3 is 12.5 Å². The molecule has 1 aromatic carbocycles. The second-order valence-corrected chi connectivity index (χ2v) is 2.85. The van der Waals surface area contributed by atoms with Crippen molar-refractivity contribution in [2.24, 2.45) is 0 Å². The highest BCUT2D eigenvalue weighted by molar-refractivity contribution is 6.30. The van der Waals surface area contributed by atoms with Crippen LogP contribution < -0.4 is 4.74 Å². The first kappa shape index (κ1) is 11.1. The van der Waals surface area contributed by atoms with Crippen LogP contribution in [0.15, 0.2) is 24.3 Å². The van der Waals surface area contributed by atoms with Gasteiger partial charge in [0.1, 0.15) is 5.75 Å². The lowest BCUT2D eigenvalue weighted by molar-refractivity contribution is -0.253. The Morgan fingerprint density at radius 3 is 2.07 bits per heavy atom. The van der Waals surface area contributed by atoms with E-state index in [9.17, 15) is 17.6 Å². The molecule has 0 atom stereocenters. The maximum absolute atomic E-state index is 12.3. The third-order valence-electron chi connectivity index (χ3n) is 1.32. The first-order valence-electron chi connectivity index (χ1n) is 3.52. The standard InChI is InChI=1S/C8H5ClF4O/c9-5-1-3-6(4-2-5)14-8(12,13)7(10)11/h1-4,7H. The molecule has 0 aliphatic carbocycles. The fourth-order valence-corrected chi connectivity index (χ4v) is 0.830. The molecule has 0 saturated heterocycles. The summed E-state index contributed by atoms with van der Waals surface area (Å²) in [6.45, 7) is 0. The molecule has 0 aromatic heterocycles. The fraction of sp³-hybridized carbons (Fsp3) is 0.250. The van der Waals surface area contributed by atoms with Gasteiger partial charge in [0, 0.05) is 5.02 Å².